The first-order chi connectivity index (χ1) is 9.04. The molecule has 0 bridgehead atoms. The molecule has 4 heteroatoms. The van der Waals surface area contributed by atoms with Gasteiger partial charge < -0.3 is 5.32 Å². The second-order valence-corrected chi connectivity index (χ2v) is 6.41. The number of amides is 1. The minimum atomic E-state index is 0.124. The van der Waals surface area contributed by atoms with Gasteiger partial charge in [0.15, 0.2) is 0 Å². The van der Waals surface area contributed by atoms with Crippen molar-refractivity contribution < 1.29 is 4.79 Å². The van der Waals surface area contributed by atoms with Gasteiger partial charge in [-0.15, -0.1) is 0 Å². The van der Waals surface area contributed by atoms with E-state index in [1.165, 1.54) is 18.4 Å². The number of nitrogens with zero attached hydrogens (tertiary/aromatic N) is 1. The molecular weight excluding hydrogens is 304 g/mol. The fraction of sp³-hybridized carbons (Fsp3) is 0.533. The monoisotopic (exact) mass is 324 g/mol. The molecule has 1 aliphatic rings. The topological polar surface area (TPSA) is 32.3 Å². The van der Waals surface area contributed by atoms with Crippen molar-refractivity contribution in [3.05, 3.63) is 34.3 Å². The van der Waals surface area contributed by atoms with Gasteiger partial charge in [0.2, 0.25) is 5.91 Å². The number of likely N-dealkylation sites (N-methyl/N-ethyl adjacent to an activating group) is 1. The van der Waals surface area contributed by atoms with E-state index in [1.807, 2.05) is 24.1 Å². The third-order valence-electron chi connectivity index (χ3n) is 3.50. The van der Waals surface area contributed by atoms with Gasteiger partial charge in [-0.2, -0.15) is 0 Å². The van der Waals surface area contributed by atoms with Gasteiger partial charge in [0.25, 0.3) is 0 Å². The molecule has 0 saturated heterocycles. The van der Waals surface area contributed by atoms with Crippen molar-refractivity contribution in [1.29, 1.82) is 0 Å². The van der Waals surface area contributed by atoms with Crippen LogP contribution < -0.4 is 5.32 Å². The average molecular weight is 325 g/mol. The normalized spacial score (nSPS) is 16.4. The Morgan fingerprint density at radius 3 is 2.63 bits per heavy atom. The Kier molecular flexibility index (Phi) is 4.99. The molecule has 0 radical (unpaired) electrons. The molecule has 0 unspecified atom stereocenters. The van der Waals surface area contributed by atoms with Crippen LogP contribution >= 0.6 is 15.9 Å². The molecule has 1 amide bonds. The first kappa shape index (κ1) is 14.5. The second kappa shape index (κ2) is 6.53. The van der Waals surface area contributed by atoms with Crippen LogP contribution in [0, 0.1) is 5.92 Å². The molecule has 1 aromatic rings. The predicted molar refractivity (Wildman–Crippen MR) is 80.8 cm³/mol. The number of benzene rings is 1. The summed E-state index contributed by atoms with van der Waals surface area (Å²) >= 11 is 3.42. The van der Waals surface area contributed by atoms with Crippen LogP contribution in [-0.2, 0) is 11.3 Å². The van der Waals surface area contributed by atoms with Gasteiger partial charge in [-0.1, -0.05) is 28.1 Å². The third-order valence-corrected chi connectivity index (χ3v) is 4.03. The molecule has 0 aromatic heterocycles. The highest BCUT2D eigenvalue weighted by molar-refractivity contribution is 9.10. The van der Waals surface area contributed by atoms with E-state index in [9.17, 15) is 4.79 Å². The van der Waals surface area contributed by atoms with E-state index < -0.39 is 0 Å². The number of hydrogen-bond donors (Lipinski definition) is 1. The Hall–Kier alpha value is -0.870. The lowest BCUT2D eigenvalue weighted by Gasteiger charge is -2.19. The molecule has 1 atom stereocenters. The zero-order valence-corrected chi connectivity index (χ0v) is 13.1. The summed E-state index contributed by atoms with van der Waals surface area (Å²) in [5.74, 6) is 0.833. The maximum Gasteiger partial charge on any atom is 0.234 e. The van der Waals surface area contributed by atoms with E-state index in [2.05, 4.69) is 40.3 Å². The fourth-order valence-electron chi connectivity index (χ4n) is 2.22. The minimum Gasteiger partial charge on any atom is -0.352 e. The minimum absolute atomic E-state index is 0.124. The van der Waals surface area contributed by atoms with E-state index in [1.54, 1.807) is 0 Å². The molecule has 1 aliphatic carbocycles. The Morgan fingerprint density at radius 2 is 2.05 bits per heavy atom. The summed E-state index contributed by atoms with van der Waals surface area (Å²) in [6, 6.07) is 8.53. The van der Waals surface area contributed by atoms with Crippen LogP contribution in [0.15, 0.2) is 28.7 Å². The van der Waals surface area contributed by atoms with Crippen LogP contribution in [0.4, 0.5) is 0 Å². The van der Waals surface area contributed by atoms with Gasteiger partial charge in [0, 0.05) is 17.1 Å². The van der Waals surface area contributed by atoms with E-state index in [0.29, 0.717) is 18.5 Å². The molecule has 0 spiro atoms. The van der Waals surface area contributed by atoms with Crippen LogP contribution in [-0.4, -0.2) is 30.4 Å². The van der Waals surface area contributed by atoms with Gasteiger partial charge in [-0.25, -0.2) is 0 Å². The molecule has 19 heavy (non-hydrogen) atoms. The first-order valence-electron chi connectivity index (χ1n) is 6.77. The maximum absolute atomic E-state index is 11.9. The highest BCUT2D eigenvalue weighted by Gasteiger charge is 2.28. The van der Waals surface area contributed by atoms with E-state index >= 15 is 0 Å². The summed E-state index contributed by atoms with van der Waals surface area (Å²) in [6.45, 7) is 3.34. The van der Waals surface area contributed by atoms with Crippen molar-refractivity contribution in [2.24, 2.45) is 5.92 Å². The van der Waals surface area contributed by atoms with E-state index in [0.717, 1.165) is 11.0 Å². The van der Waals surface area contributed by atoms with Crippen molar-refractivity contribution in [2.75, 3.05) is 13.6 Å². The smallest absolute Gasteiger partial charge is 0.234 e. The molecule has 1 aromatic carbocycles. The van der Waals surface area contributed by atoms with Crippen molar-refractivity contribution in [3.8, 4) is 0 Å². The lowest BCUT2D eigenvalue weighted by atomic mass is 10.2. The van der Waals surface area contributed by atoms with Gasteiger partial charge in [-0.3, -0.25) is 9.69 Å². The lowest BCUT2D eigenvalue weighted by molar-refractivity contribution is -0.122. The molecular formula is C15H21BrN2O. The summed E-state index contributed by atoms with van der Waals surface area (Å²) in [5, 5.41) is 3.08. The van der Waals surface area contributed by atoms with E-state index in [4.69, 9.17) is 0 Å². The van der Waals surface area contributed by atoms with Crippen molar-refractivity contribution in [3.63, 3.8) is 0 Å². The second-order valence-electron chi connectivity index (χ2n) is 5.49. The molecule has 2 rings (SSSR count). The number of carbonyl (C=O) groups is 1. The fourth-order valence-corrected chi connectivity index (χ4v) is 2.48. The molecule has 0 aliphatic heterocycles. The lowest BCUT2D eigenvalue weighted by Crippen LogP contribution is -2.40. The van der Waals surface area contributed by atoms with Crippen LogP contribution in [0.2, 0.25) is 0 Å². The zero-order valence-electron chi connectivity index (χ0n) is 11.5. The molecule has 0 heterocycles. The van der Waals surface area contributed by atoms with Gasteiger partial charge in [0.1, 0.15) is 0 Å². The van der Waals surface area contributed by atoms with Crippen molar-refractivity contribution in [2.45, 2.75) is 32.4 Å². The number of carbonyl (C=O) groups excluding carboxylic acids is 1. The standard InChI is InChI=1S/C15H21BrN2O/c1-11(13-5-6-13)17-15(19)10-18(2)9-12-3-7-14(16)8-4-12/h3-4,7-8,11,13H,5-6,9-10H2,1-2H3,(H,17,19)/t11-/m1/s1. The molecule has 104 valence electrons. The predicted octanol–water partition coefficient (Wildman–Crippen LogP) is 2.80. The molecule has 1 fully saturated rings. The molecule has 1 saturated carbocycles. The number of halogens is 1. The SMILES string of the molecule is C[C@@H](NC(=O)CN(C)Cc1ccc(Br)cc1)C1CC1. The van der Waals surface area contributed by atoms with Crippen molar-refractivity contribution in [1.82, 2.24) is 10.2 Å². The highest BCUT2D eigenvalue weighted by atomic mass is 79.9. The number of rotatable bonds is 6. The van der Waals surface area contributed by atoms with Crippen molar-refractivity contribution >= 4 is 21.8 Å². The van der Waals surface area contributed by atoms with E-state index in [-0.39, 0.29) is 5.91 Å². The first-order valence-corrected chi connectivity index (χ1v) is 7.56. The maximum atomic E-state index is 11.9. The summed E-state index contributed by atoms with van der Waals surface area (Å²) < 4.78 is 1.08. The van der Waals surface area contributed by atoms with Gasteiger partial charge in [-0.05, 0) is 50.4 Å². The largest absolute Gasteiger partial charge is 0.352 e. The van der Waals surface area contributed by atoms with Crippen LogP contribution in [0.5, 0.6) is 0 Å². The number of hydrogen-bond acceptors (Lipinski definition) is 2. The summed E-state index contributed by atoms with van der Waals surface area (Å²) in [7, 11) is 1.98. The zero-order chi connectivity index (χ0) is 13.8. The third kappa shape index (κ3) is 4.96. The Balaban J connectivity index is 1.75. The van der Waals surface area contributed by atoms with Crippen LogP contribution in [0.25, 0.3) is 0 Å². The summed E-state index contributed by atoms with van der Waals surface area (Å²) in [4.78, 5) is 13.9. The van der Waals surface area contributed by atoms with Crippen LogP contribution in [0.3, 0.4) is 0 Å². The Labute approximate surface area is 123 Å². The summed E-state index contributed by atoms with van der Waals surface area (Å²) in [6.07, 6.45) is 2.52. The number of nitrogens with one attached hydrogen (secondary N) is 1. The molecule has 1 N–H and O–H groups in total. The average Bonchev–Trinajstić information content (AvgIpc) is 3.15. The summed E-state index contributed by atoms with van der Waals surface area (Å²) in [5.41, 5.74) is 1.22. The quantitative estimate of drug-likeness (QED) is 0.872. The van der Waals surface area contributed by atoms with Crippen LogP contribution in [0.1, 0.15) is 25.3 Å². The Morgan fingerprint density at radius 1 is 1.42 bits per heavy atom. The molecule has 3 nitrogen and oxygen atoms in total. The van der Waals surface area contributed by atoms with Gasteiger partial charge in [0.05, 0.1) is 6.54 Å². The Bertz CT molecular complexity index is 428. The highest BCUT2D eigenvalue weighted by Crippen LogP contribution is 2.32. The van der Waals surface area contributed by atoms with Gasteiger partial charge >= 0.3 is 0 Å².